The summed E-state index contributed by atoms with van der Waals surface area (Å²) in [6.07, 6.45) is 3.48. The minimum Gasteiger partial charge on any atom is -0.367 e. The van der Waals surface area contributed by atoms with E-state index in [1.807, 2.05) is 30.3 Å². The number of likely N-dealkylation sites (N-methyl/N-ethyl adjacent to an activating group) is 1. The lowest BCUT2D eigenvalue weighted by molar-refractivity contribution is 0.311. The Labute approximate surface area is 140 Å². The number of pyridine rings is 2. The lowest BCUT2D eigenvalue weighted by Gasteiger charge is -2.34. The first-order valence-electron chi connectivity index (χ1n) is 8.15. The van der Waals surface area contributed by atoms with Gasteiger partial charge in [0.25, 0.3) is 0 Å². The third-order valence-electron chi connectivity index (χ3n) is 4.60. The van der Waals surface area contributed by atoms with Crippen molar-refractivity contribution >= 4 is 16.7 Å². The third-order valence-corrected chi connectivity index (χ3v) is 4.60. The van der Waals surface area contributed by atoms with E-state index in [1.165, 1.54) is 0 Å². The van der Waals surface area contributed by atoms with E-state index < -0.39 is 0 Å². The van der Waals surface area contributed by atoms with Gasteiger partial charge in [0.05, 0.1) is 16.7 Å². The van der Waals surface area contributed by atoms with Gasteiger partial charge in [-0.25, -0.2) is 4.39 Å². The second-order valence-electron chi connectivity index (χ2n) is 6.19. The van der Waals surface area contributed by atoms with Crippen LogP contribution in [-0.2, 0) is 0 Å². The zero-order chi connectivity index (χ0) is 16.5. The first kappa shape index (κ1) is 15.0. The predicted molar refractivity (Wildman–Crippen MR) is 94.6 cm³/mol. The molecule has 0 bridgehead atoms. The van der Waals surface area contributed by atoms with E-state index in [9.17, 15) is 4.39 Å². The molecule has 1 saturated heterocycles. The van der Waals surface area contributed by atoms with Crippen molar-refractivity contribution in [3.63, 3.8) is 0 Å². The molecule has 0 atom stereocenters. The molecule has 4 rings (SSSR count). The Morgan fingerprint density at radius 1 is 0.958 bits per heavy atom. The molecule has 0 radical (unpaired) electrons. The number of benzene rings is 1. The normalized spacial score (nSPS) is 15.8. The Balaban J connectivity index is 1.71. The Morgan fingerprint density at radius 2 is 1.79 bits per heavy atom. The number of halogens is 1. The van der Waals surface area contributed by atoms with E-state index >= 15 is 0 Å². The van der Waals surface area contributed by atoms with Crippen molar-refractivity contribution < 1.29 is 4.39 Å². The van der Waals surface area contributed by atoms with Crippen LogP contribution in [0.5, 0.6) is 0 Å². The van der Waals surface area contributed by atoms with Crippen molar-refractivity contribution in [2.45, 2.75) is 0 Å². The van der Waals surface area contributed by atoms with E-state index in [4.69, 9.17) is 0 Å². The summed E-state index contributed by atoms with van der Waals surface area (Å²) in [4.78, 5) is 13.1. The molecule has 0 N–H and O–H groups in total. The highest BCUT2D eigenvalue weighted by molar-refractivity contribution is 5.91. The van der Waals surface area contributed by atoms with Crippen LogP contribution < -0.4 is 4.90 Å². The van der Waals surface area contributed by atoms with Gasteiger partial charge < -0.3 is 9.80 Å². The quantitative estimate of drug-likeness (QED) is 0.725. The van der Waals surface area contributed by atoms with Gasteiger partial charge in [0.2, 0.25) is 0 Å². The molecule has 122 valence electrons. The highest BCUT2D eigenvalue weighted by Crippen LogP contribution is 2.30. The largest absolute Gasteiger partial charge is 0.367 e. The lowest BCUT2D eigenvalue weighted by Crippen LogP contribution is -2.44. The topological polar surface area (TPSA) is 32.3 Å². The van der Waals surface area contributed by atoms with Gasteiger partial charge in [0, 0.05) is 44.1 Å². The summed E-state index contributed by atoms with van der Waals surface area (Å²) >= 11 is 0. The number of hydrogen-bond acceptors (Lipinski definition) is 4. The molecular weight excluding hydrogens is 303 g/mol. The number of aromatic nitrogens is 2. The highest BCUT2D eigenvalue weighted by atomic mass is 19.1. The summed E-state index contributed by atoms with van der Waals surface area (Å²) in [5, 5.41) is 0. The maximum atomic E-state index is 14.7. The maximum Gasteiger partial charge on any atom is 0.147 e. The average molecular weight is 322 g/mol. The smallest absolute Gasteiger partial charge is 0.147 e. The number of rotatable bonds is 2. The minimum absolute atomic E-state index is 0.182. The van der Waals surface area contributed by atoms with E-state index in [-0.39, 0.29) is 5.82 Å². The zero-order valence-electron chi connectivity index (χ0n) is 13.6. The number of nitrogens with zero attached hydrogens (tertiary/aromatic N) is 4. The van der Waals surface area contributed by atoms with E-state index in [0.29, 0.717) is 5.69 Å². The van der Waals surface area contributed by atoms with Crippen LogP contribution in [0.3, 0.4) is 0 Å². The molecule has 1 aliphatic rings. The fourth-order valence-electron chi connectivity index (χ4n) is 3.19. The molecule has 1 aliphatic heterocycles. The van der Waals surface area contributed by atoms with Crippen molar-refractivity contribution in [1.82, 2.24) is 14.9 Å². The molecule has 0 unspecified atom stereocenters. The first-order valence-corrected chi connectivity index (χ1v) is 8.15. The Kier molecular flexibility index (Phi) is 3.86. The molecule has 3 heterocycles. The molecule has 3 aromatic rings. The van der Waals surface area contributed by atoms with Crippen molar-refractivity contribution in [3.05, 3.63) is 54.6 Å². The molecule has 5 heteroatoms. The average Bonchev–Trinajstić information content (AvgIpc) is 2.62. The number of piperazine rings is 1. The molecule has 4 nitrogen and oxygen atoms in total. The SMILES string of the molecule is CN1CCN(c2ccc(-c3ccnc4cccnc34)cc2F)CC1. The minimum atomic E-state index is -0.182. The molecule has 1 aromatic carbocycles. The Morgan fingerprint density at radius 3 is 2.58 bits per heavy atom. The Bertz CT molecular complexity index is 867. The monoisotopic (exact) mass is 322 g/mol. The fraction of sp³-hybridized carbons (Fsp3) is 0.263. The molecule has 1 fully saturated rings. The van der Waals surface area contributed by atoms with Crippen LogP contribution >= 0.6 is 0 Å². The first-order chi connectivity index (χ1) is 11.7. The third kappa shape index (κ3) is 2.71. The van der Waals surface area contributed by atoms with Gasteiger partial charge in [-0.2, -0.15) is 0 Å². The molecule has 0 aliphatic carbocycles. The summed E-state index contributed by atoms with van der Waals surface area (Å²) in [7, 11) is 2.10. The van der Waals surface area contributed by atoms with Crippen molar-refractivity contribution in [2.75, 3.05) is 38.1 Å². The van der Waals surface area contributed by atoms with E-state index in [2.05, 4.69) is 26.8 Å². The zero-order valence-corrected chi connectivity index (χ0v) is 13.6. The summed E-state index contributed by atoms with van der Waals surface area (Å²) < 4.78 is 14.7. The molecule has 24 heavy (non-hydrogen) atoms. The van der Waals surface area contributed by atoms with Gasteiger partial charge in [-0.3, -0.25) is 9.97 Å². The molecule has 0 amide bonds. The summed E-state index contributed by atoms with van der Waals surface area (Å²) in [6, 6.07) is 11.1. The number of anilines is 1. The molecule has 0 saturated carbocycles. The van der Waals surface area contributed by atoms with Crippen molar-refractivity contribution in [2.24, 2.45) is 0 Å². The van der Waals surface area contributed by atoms with Crippen LogP contribution in [0.25, 0.3) is 22.2 Å². The second-order valence-corrected chi connectivity index (χ2v) is 6.19. The van der Waals surface area contributed by atoms with E-state index in [1.54, 1.807) is 18.5 Å². The summed E-state index contributed by atoms with van der Waals surface area (Å²) in [5.41, 5.74) is 4.03. The number of hydrogen-bond donors (Lipinski definition) is 0. The van der Waals surface area contributed by atoms with Gasteiger partial charge in [-0.05, 0) is 42.9 Å². The van der Waals surface area contributed by atoms with Gasteiger partial charge >= 0.3 is 0 Å². The van der Waals surface area contributed by atoms with Crippen LogP contribution in [0.2, 0.25) is 0 Å². The van der Waals surface area contributed by atoms with Crippen LogP contribution in [0, 0.1) is 5.82 Å². The van der Waals surface area contributed by atoms with Gasteiger partial charge in [-0.1, -0.05) is 6.07 Å². The van der Waals surface area contributed by atoms with Crippen LogP contribution in [0.15, 0.2) is 48.8 Å². The van der Waals surface area contributed by atoms with E-state index in [0.717, 1.165) is 48.3 Å². The fourth-order valence-corrected chi connectivity index (χ4v) is 3.19. The summed E-state index contributed by atoms with van der Waals surface area (Å²) in [6.45, 7) is 3.62. The van der Waals surface area contributed by atoms with Crippen molar-refractivity contribution in [3.8, 4) is 11.1 Å². The van der Waals surface area contributed by atoms with Gasteiger partial charge in [-0.15, -0.1) is 0 Å². The highest BCUT2D eigenvalue weighted by Gasteiger charge is 2.18. The Hall–Kier alpha value is -2.53. The molecule has 0 spiro atoms. The van der Waals surface area contributed by atoms with Gasteiger partial charge in [0.1, 0.15) is 5.82 Å². The van der Waals surface area contributed by atoms with Crippen LogP contribution in [0.1, 0.15) is 0 Å². The lowest BCUT2D eigenvalue weighted by atomic mass is 10.0. The summed E-state index contributed by atoms with van der Waals surface area (Å²) in [5.74, 6) is -0.182. The molecule has 2 aromatic heterocycles. The maximum absolute atomic E-state index is 14.7. The predicted octanol–water partition coefficient (Wildman–Crippen LogP) is 3.19. The molecular formula is C19H19FN4. The van der Waals surface area contributed by atoms with Crippen molar-refractivity contribution in [1.29, 1.82) is 0 Å². The van der Waals surface area contributed by atoms with Crippen LogP contribution in [0.4, 0.5) is 10.1 Å². The van der Waals surface area contributed by atoms with Crippen LogP contribution in [-0.4, -0.2) is 48.1 Å². The number of fused-ring (bicyclic) bond motifs is 1. The second kappa shape index (κ2) is 6.17. The van der Waals surface area contributed by atoms with Gasteiger partial charge in [0.15, 0.2) is 0 Å². The standard InChI is InChI=1S/C19H19FN4/c1-23-9-11-24(12-10-23)18-5-4-14(13-16(18)20)15-6-8-21-17-3-2-7-22-19(15)17/h2-8,13H,9-12H2,1H3.